The van der Waals surface area contributed by atoms with Crippen molar-refractivity contribution in [3.63, 3.8) is 0 Å². The maximum Gasteiger partial charge on any atom is 0.104 e. The van der Waals surface area contributed by atoms with E-state index in [1.165, 1.54) is 5.57 Å². The monoisotopic (exact) mass is 175 g/mol. The summed E-state index contributed by atoms with van der Waals surface area (Å²) in [6, 6.07) is 0. The average molecular weight is 175 g/mol. The summed E-state index contributed by atoms with van der Waals surface area (Å²) in [6.45, 7) is 2.17. The molecule has 0 bridgehead atoms. The van der Waals surface area contributed by atoms with Crippen LogP contribution in [-0.4, -0.2) is 0 Å². The minimum absolute atomic E-state index is 0.499. The molecule has 2 unspecified atom stereocenters. The summed E-state index contributed by atoms with van der Waals surface area (Å²) in [6.07, 6.45) is 10.5. The molecule has 0 heterocycles. The van der Waals surface area contributed by atoms with Crippen LogP contribution in [-0.2, 0) is 0 Å². The van der Waals surface area contributed by atoms with Gasteiger partial charge in [-0.25, -0.2) is 0 Å². The lowest BCUT2D eigenvalue weighted by Crippen LogP contribution is -2.16. The Morgan fingerprint density at radius 3 is 3.08 bits per heavy atom. The van der Waals surface area contributed by atoms with E-state index in [1.807, 2.05) is 12.2 Å². The summed E-state index contributed by atoms with van der Waals surface area (Å²) in [5.74, 6) is 1.00. The highest BCUT2D eigenvalue weighted by Crippen LogP contribution is 2.34. The summed E-state index contributed by atoms with van der Waals surface area (Å²) < 4.78 is 0. The molecule has 0 radical (unpaired) electrons. The third-order valence-electron chi connectivity index (χ3n) is 2.82. The van der Waals surface area contributed by atoms with Crippen molar-refractivity contribution in [1.29, 1.82) is 0 Å². The zero-order valence-electron chi connectivity index (χ0n) is 7.73. The van der Waals surface area contributed by atoms with Crippen LogP contribution < -0.4 is 0 Å². The van der Waals surface area contributed by atoms with Crippen molar-refractivity contribution in [2.24, 2.45) is 17.0 Å². The van der Waals surface area contributed by atoms with Gasteiger partial charge in [-0.3, -0.25) is 0 Å². The van der Waals surface area contributed by atoms with Gasteiger partial charge in [-0.15, -0.1) is 4.91 Å². The van der Waals surface area contributed by atoms with Crippen molar-refractivity contribution in [2.45, 2.75) is 19.8 Å². The van der Waals surface area contributed by atoms with Gasteiger partial charge < -0.3 is 0 Å². The van der Waals surface area contributed by atoms with Crippen LogP contribution in [0.1, 0.15) is 19.8 Å². The summed E-state index contributed by atoms with van der Waals surface area (Å²) in [4.78, 5) is 10.3. The van der Waals surface area contributed by atoms with Crippen molar-refractivity contribution in [3.8, 4) is 0 Å². The first-order valence-electron chi connectivity index (χ1n) is 4.70. The molecule has 0 aromatic carbocycles. The SMILES string of the molecule is CC1=CC2C=CC(N=O)=CC2CC1. The van der Waals surface area contributed by atoms with E-state index in [9.17, 15) is 4.91 Å². The van der Waals surface area contributed by atoms with E-state index < -0.39 is 0 Å². The third-order valence-corrected chi connectivity index (χ3v) is 2.82. The number of fused-ring (bicyclic) bond motifs is 1. The molecule has 0 amide bonds. The molecule has 0 saturated carbocycles. The van der Waals surface area contributed by atoms with E-state index in [1.54, 1.807) is 0 Å². The summed E-state index contributed by atoms with van der Waals surface area (Å²) >= 11 is 0. The molecule has 68 valence electrons. The molecular weight excluding hydrogens is 162 g/mol. The van der Waals surface area contributed by atoms with Crippen LogP contribution >= 0.6 is 0 Å². The lowest BCUT2D eigenvalue weighted by atomic mass is 9.78. The first kappa shape index (κ1) is 8.42. The van der Waals surface area contributed by atoms with Crippen LogP contribution in [0.2, 0.25) is 0 Å². The summed E-state index contributed by atoms with van der Waals surface area (Å²) in [5, 5.41) is 2.96. The van der Waals surface area contributed by atoms with Gasteiger partial charge >= 0.3 is 0 Å². The summed E-state index contributed by atoms with van der Waals surface area (Å²) in [7, 11) is 0. The Morgan fingerprint density at radius 2 is 2.31 bits per heavy atom. The Kier molecular flexibility index (Phi) is 2.13. The van der Waals surface area contributed by atoms with E-state index in [0.29, 0.717) is 17.5 Å². The van der Waals surface area contributed by atoms with Crippen LogP contribution in [0.25, 0.3) is 0 Å². The molecular formula is C11H13NO. The summed E-state index contributed by atoms with van der Waals surface area (Å²) in [5.41, 5.74) is 2.05. The Balaban J connectivity index is 2.23. The topological polar surface area (TPSA) is 29.4 Å². The van der Waals surface area contributed by atoms with Crippen LogP contribution in [0.5, 0.6) is 0 Å². The first-order chi connectivity index (χ1) is 6.29. The second kappa shape index (κ2) is 3.29. The highest BCUT2D eigenvalue weighted by molar-refractivity contribution is 5.29. The quantitative estimate of drug-likeness (QED) is 0.444. The fraction of sp³-hybridized carbons (Fsp3) is 0.455. The lowest BCUT2D eigenvalue weighted by molar-refractivity contribution is 0.476. The van der Waals surface area contributed by atoms with Crippen LogP contribution in [0.15, 0.2) is 40.8 Å². The normalized spacial score (nSPS) is 31.8. The molecule has 2 heteroatoms. The Morgan fingerprint density at radius 1 is 1.46 bits per heavy atom. The van der Waals surface area contributed by atoms with Gasteiger partial charge in [-0.05, 0) is 36.9 Å². The van der Waals surface area contributed by atoms with Crippen molar-refractivity contribution in [1.82, 2.24) is 0 Å². The van der Waals surface area contributed by atoms with Gasteiger partial charge in [0.25, 0.3) is 0 Å². The second-order valence-corrected chi connectivity index (χ2v) is 3.83. The second-order valence-electron chi connectivity index (χ2n) is 3.83. The zero-order chi connectivity index (χ0) is 9.26. The Hall–Kier alpha value is -1.18. The van der Waals surface area contributed by atoms with Crippen molar-refractivity contribution in [2.75, 3.05) is 0 Å². The fourth-order valence-electron chi connectivity index (χ4n) is 2.06. The molecule has 2 aliphatic carbocycles. The van der Waals surface area contributed by atoms with Crippen molar-refractivity contribution >= 4 is 0 Å². The molecule has 0 aromatic rings. The number of nitroso groups, excluding NO2 is 1. The van der Waals surface area contributed by atoms with Gasteiger partial charge in [0.2, 0.25) is 0 Å². The van der Waals surface area contributed by atoms with E-state index in [4.69, 9.17) is 0 Å². The minimum atomic E-state index is 0.499. The van der Waals surface area contributed by atoms with Gasteiger partial charge in [0.05, 0.1) is 0 Å². The molecule has 2 aliphatic rings. The minimum Gasteiger partial charge on any atom is -0.145 e. The van der Waals surface area contributed by atoms with Crippen LogP contribution in [0.3, 0.4) is 0 Å². The Bertz CT molecular complexity index is 312. The van der Waals surface area contributed by atoms with Gasteiger partial charge in [0.1, 0.15) is 5.70 Å². The molecule has 0 aliphatic heterocycles. The van der Waals surface area contributed by atoms with E-state index in [2.05, 4.69) is 24.3 Å². The lowest BCUT2D eigenvalue weighted by Gasteiger charge is -2.27. The molecule has 2 atom stereocenters. The predicted octanol–water partition coefficient (Wildman–Crippen LogP) is 3.18. The van der Waals surface area contributed by atoms with Gasteiger partial charge in [-0.1, -0.05) is 23.8 Å². The molecule has 0 aromatic heterocycles. The predicted molar refractivity (Wildman–Crippen MR) is 53.0 cm³/mol. The average Bonchev–Trinajstić information content (AvgIpc) is 2.17. The van der Waals surface area contributed by atoms with E-state index >= 15 is 0 Å². The molecule has 0 fully saturated rings. The van der Waals surface area contributed by atoms with Gasteiger partial charge in [0.15, 0.2) is 0 Å². The standard InChI is InChI=1S/C11H13NO/c1-8-2-3-10-7-11(12-13)5-4-9(10)6-8/h4-7,9-10H,2-3H2,1H3. The van der Waals surface area contributed by atoms with Crippen LogP contribution in [0.4, 0.5) is 0 Å². The number of hydrogen-bond acceptors (Lipinski definition) is 2. The zero-order valence-corrected chi connectivity index (χ0v) is 7.73. The number of hydrogen-bond donors (Lipinski definition) is 0. The molecule has 0 saturated heterocycles. The maximum absolute atomic E-state index is 10.3. The third kappa shape index (κ3) is 1.62. The first-order valence-corrected chi connectivity index (χ1v) is 4.70. The Labute approximate surface area is 78.0 Å². The largest absolute Gasteiger partial charge is 0.145 e. The van der Waals surface area contributed by atoms with Crippen LogP contribution in [0, 0.1) is 16.7 Å². The molecule has 2 rings (SSSR count). The molecule has 13 heavy (non-hydrogen) atoms. The smallest absolute Gasteiger partial charge is 0.104 e. The highest BCUT2D eigenvalue weighted by atomic mass is 16.3. The number of allylic oxidation sites excluding steroid dienone is 5. The van der Waals surface area contributed by atoms with Crippen molar-refractivity contribution < 1.29 is 0 Å². The van der Waals surface area contributed by atoms with Gasteiger partial charge in [-0.2, -0.15) is 0 Å². The molecule has 2 nitrogen and oxygen atoms in total. The number of rotatable bonds is 1. The number of nitrogens with zero attached hydrogens (tertiary/aromatic N) is 1. The maximum atomic E-state index is 10.3. The van der Waals surface area contributed by atoms with E-state index in [0.717, 1.165) is 12.8 Å². The van der Waals surface area contributed by atoms with Crippen molar-refractivity contribution in [3.05, 3.63) is 40.5 Å². The highest BCUT2D eigenvalue weighted by Gasteiger charge is 2.22. The van der Waals surface area contributed by atoms with Gasteiger partial charge in [0, 0.05) is 5.92 Å². The van der Waals surface area contributed by atoms with E-state index in [-0.39, 0.29) is 0 Å². The molecule has 0 spiro atoms. The molecule has 0 N–H and O–H groups in total. The fourth-order valence-corrected chi connectivity index (χ4v) is 2.06.